The first-order valence-electron chi connectivity index (χ1n) is 5.59. The van der Waals surface area contributed by atoms with E-state index < -0.39 is 0 Å². The van der Waals surface area contributed by atoms with E-state index in [2.05, 4.69) is 5.32 Å². The van der Waals surface area contributed by atoms with Crippen molar-refractivity contribution in [2.75, 3.05) is 29.1 Å². The van der Waals surface area contributed by atoms with E-state index in [1.54, 1.807) is 0 Å². The lowest BCUT2D eigenvalue weighted by atomic mass is 10.2. The third-order valence-electron chi connectivity index (χ3n) is 2.60. The molecule has 17 heavy (non-hydrogen) atoms. The number of nitrogens with one attached hydrogen (secondary N) is 1. The smallest absolute Gasteiger partial charge is 0.106 e. The summed E-state index contributed by atoms with van der Waals surface area (Å²) in [5.41, 5.74) is 7.70. The molecule has 1 saturated heterocycles. The van der Waals surface area contributed by atoms with Gasteiger partial charge in [0.05, 0.1) is 0 Å². The number of hydrogen-bond acceptors (Lipinski definition) is 4. The van der Waals surface area contributed by atoms with Gasteiger partial charge in [0.1, 0.15) is 4.99 Å². The zero-order valence-corrected chi connectivity index (χ0v) is 12.0. The lowest BCUT2D eigenvalue weighted by Gasteiger charge is -2.22. The van der Waals surface area contributed by atoms with Gasteiger partial charge in [-0.25, -0.2) is 0 Å². The predicted molar refractivity (Wildman–Crippen MR) is 84.4 cm³/mol. The van der Waals surface area contributed by atoms with Crippen molar-refractivity contribution in [2.24, 2.45) is 5.73 Å². The van der Waals surface area contributed by atoms with E-state index in [0.29, 0.717) is 10.2 Å². The molecule has 0 bridgehead atoms. The first kappa shape index (κ1) is 13.1. The normalized spacial score (nSPS) is 19.9. The van der Waals surface area contributed by atoms with Crippen LogP contribution in [0.1, 0.15) is 5.56 Å². The van der Waals surface area contributed by atoms with E-state index in [1.165, 1.54) is 17.3 Å². The summed E-state index contributed by atoms with van der Waals surface area (Å²) in [5.74, 6) is 3.77. The van der Waals surface area contributed by atoms with Gasteiger partial charge in [0, 0.05) is 40.3 Å². The van der Waals surface area contributed by atoms with Crippen LogP contribution >= 0.6 is 35.7 Å². The maximum Gasteiger partial charge on any atom is 0.106 e. The number of hydrogen-bond donors (Lipinski definition) is 2. The van der Waals surface area contributed by atoms with Crippen molar-refractivity contribution in [2.45, 2.75) is 5.25 Å². The fourth-order valence-corrected chi connectivity index (χ4v) is 4.52. The fraction of sp³-hybridized carbons (Fsp3) is 0.417. The number of rotatable bonds is 4. The van der Waals surface area contributed by atoms with Crippen LogP contribution in [0.3, 0.4) is 0 Å². The first-order chi connectivity index (χ1) is 8.27. The highest BCUT2D eigenvalue weighted by Gasteiger charge is 2.14. The third-order valence-corrected chi connectivity index (χ3v) is 5.66. The van der Waals surface area contributed by atoms with Crippen LogP contribution in [0, 0.1) is 0 Å². The number of benzene rings is 1. The van der Waals surface area contributed by atoms with Gasteiger partial charge in [-0.2, -0.15) is 23.5 Å². The van der Waals surface area contributed by atoms with Crippen molar-refractivity contribution < 1.29 is 0 Å². The summed E-state index contributed by atoms with van der Waals surface area (Å²) in [6.07, 6.45) is 0. The minimum atomic E-state index is 0.457. The Hall–Kier alpha value is -0.390. The summed E-state index contributed by atoms with van der Waals surface area (Å²) in [6, 6.07) is 7.97. The molecule has 2 nitrogen and oxygen atoms in total. The SMILES string of the molecule is NC(=S)c1ccccc1NCC1CSCCS1. The largest absolute Gasteiger partial charge is 0.389 e. The molecule has 0 aromatic heterocycles. The molecule has 1 aromatic carbocycles. The first-order valence-corrected chi connectivity index (χ1v) is 8.20. The van der Waals surface area contributed by atoms with Crippen LogP contribution in [-0.2, 0) is 0 Å². The highest BCUT2D eigenvalue weighted by Crippen LogP contribution is 2.24. The molecular formula is C12H16N2S3. The minimum absolute atomic E-state index is 0.457. The van der Waals surface area contributed by atoms with Crippen molar-refractivity contribution >= 4 is 46.4 Å². The Labute approximate surface area is 116 Å². The topological polar surface area (TPSA) is 38.0 Å². The molecule has 1 aliphatic rings. The van der Waals surface area contributed by atoms with Gasteiger partial charge >= 0.3 is 0 Å². The van der Waals surface area contributed by atoms with Gasteiger partial charge in [-0.1, -0.05) is 24.4 Å². The second kappa shape index (κ2) is 6.52. The second-order valence-electron chi connectivity index (χ2n) is 3.86. The van der Waals surface area contributed by atoms with E-state index in [1.807, 2.05) is 47.8 Å². The van der Waals surface area contributed by atoms with E-state index in [-0.39, 0.29) is 0 Å². The number of thiocarbonyl (C=S) groups is 1. The average molecular weight is 284 g/mol. The molecule has 0 radical (unpaired) electrons. The maximum absolute atomic E-state index is 5.71. The van der Waals surface area contributed by atoms with Crippen molar-refractivity contribution in [3.8, 4) is 0 Å². The van der Waals surface area contributed by atoms with Crippen molar-refractivity contribution in [1.29, 1.82) is 0 Å². The maximum atomic E-state index is 5.71. The van der Waals surface area contributed by atoms with Crippen molar-refractivity contribution in [1.82, 2.24) is 0 Å². The van der Waals surface area contributed by atoms with Crippen LogP contribution in [0.15, 0.2) is 24.3 Å². The van der Waals surface area contributed by atoms with Crippen LogP contribution in [0.25, 0.3) is 0 Å². The molecule has 0 aliphatic carbocycles. The van der Waals surface area contributed by atoms with Crippen LogP contribution < -0.4 is 11.1 Å². The molecule has 1 fully saturated rings. The highest BCUT2D eigenvalue weighted by molar-refractivity contribution is 8.06. The molecule has 0 spiro atoms. The van der Waals surface area contributed by atoms with E-state index >= 15 is 0 Å². The van der Waals surface area contributed by atoms with Crippen molar-refractivity contribution in [3.05, 3.63) is 29.8 Å². The average Bonchev–Trinajstić information content (AvgIpc) is 2.38. The Kier molecular flexibility index (Phi) is 5.00. The van der Waals surface area contributed by atoms with Crippen molar-refractivity contribution in [3.63, 3.8) is 0 Å². The molecule has 3 N–H and O–H groups in total. The lowest BCUT2D eigenvalue weighted by molar-refractivity contribution is 1.00. The minimum Gasteiger partial charge on any atom is -0.389 e. The quantitative estimate of drug-likeness (QED) is 0.831. The summed E-state index contributed by atoms with van der Waals surface area (Å²) in [6.45, 7) is 0.983. The molecule has 0 amide bonds. The Bertz CT molecular complexity index is 389. The molecule has 92 valence electrons. The summed E-state index contributed by atoms with van der Waals surface area (Å²) < 4.78 is 0. The van der Waals surface area contributed by atoms with E-state index in [4.69, 9.17) is 18.0 Å². The zero-order chi connectivity index (χ0) is 12.1. The summed E-state index contributed by atoms with van der Waals surface area (Å²) in [7, 11) is 0. The van der Waals surface area contributed by atoms with Gasteiger partial charge in [-0.05, 0) is 12.1 Å². The highest BCUT2D eigenvalue weighted by atomic mass is 32.2. The standard InChI is InChI=1S/C12H16N2S3/c13-12(15)10-3-1-2-4-11(10)14-7-9-8-16-5-6-17-9/h1-4,9,14H,5-8H2,(H2,13,15). The Morgan fingerprint density at radius 1 is 1.41 bits per heavy atom. The van der Waals surface area contributed by atoms with Crippen LogP contribution in [0.5, 0.6) is 0 Å². The van der Waals surface area contributed by atoms with Gasteiger partial charge in [-0.3, -0.25) is 0 Å². The molecule has 1 aromatic rings. The predicted octanol–water partition coefficient (Wildman–Crippen LogP) is 2.58. The number of para-hydroxylation sites is 1. The summed E-state index contributed by atoms with van der Waals surface area (Å²) in [4.78, 5) is 0.457. The van der Waals surface area contributed by atoms with Gasteiger partial charge in [0.2, 0.25) is 0 Å². The van der Waals surface area contributed by atoms with E-state index in [0.717, 1.165) is 17.8 Å². The summed E-state index contributed by atoms with van der Waals surface area (Å²) >= 11 is 9.14. The second-order valence-corrected chi connectivity index (χ2v) is 6.86. The Balaban J connectivity index is 1.96. The van der Waals surface area contributed by atoms with Crippen LogP contribution in [0.2, 0.25) is 0 Å². The Morgan fingerprint density at radius 3 is 2.94 bits per heavy atom. The number of thioether (sulfide) groups is 2. The zero-order valence-electron chi connectivity index (χ0n) is 9.52. The van der Waals surface area contributed by atoms with E-state index in [9.17, 15) is 0 Å². The third kappa shape index (κ3) is 3.79. The van der Waals surface area contributed by atoms with Gasteiger partial charge in [0.25, 0.3) is 0 Å². The summed E-state index contributed by atoms with van der Waals surface area (Å²) in [5, 5.41) is 4.15. The van der Waals surface area contributed by atoms with Gasteiger partial charge in [-0.15, -0.1) is 0 Å². The molecule has 0 saturated carbocycles. The van der Waals surface area contributed by atoms with Gasteiger partial charge in [0.15, 0.2) is 0 Å². The molecule has 2 rings (SSSR count). The molecule has 1 unspecified atom stereocenters. The fourth-order valence-electron chi connectivity index (χ4n) is 1.73. The Morgan fingerprint density at radius 2 is 2.24 bits per heavy atom. The van der Waals surface area contributed by atoms with Gasteiger partial charge < -0.3 is 11.1 Å². The number of anilines is 1. The number of nitrogens with two attached hydrogens (primary N) is 1. The molecule has 5 heteroatoms. The van der Waals surface area contributed by atoms with Crippen LogP contribution in [-0.4, -0.2) is 34.0 Å². The van der Waals surface area contributed by atoms with Crippen LogP contribution in [0.4, 0.5) is 5.69 Å². The molecule has 1 aliphatic heterocycles. The molecule has 1 heterocycles. The lowest BCUT2D eigenvalue weighted by Crippen LogP contribution is -2.24. The molecular weight excluding hydrogens is 268 g/mol. The monoisotopic (exact) mass is 284 g/mol. The molecule has 1 atom stereocenters.